The molecule has 26 heavy (non-hydrogen) atoms. The molecule has 0 bridgehead atoms. The molecule has 0 spiro atoms. The number of nitrogens with one attached hydrogen (secondary N) is 1. The summed E-state index contributed by atoms with van der Waals surface area (Å²) in [5.41, 5.74) is 3.24. The van der Waals surface area contributed by atoms with E-state index in [0.29, 0.717) is 0 Å². The van der Waals surface area contributed by atoms with Gasteiger partial charge >= 0.3 is 0 Å². The van der Waals surface area contributed by atoms with Gasteiger partial charge in [-0.2, -0.15) is 0 Å². The highest BCUT2D eigenvalue weighted by Crippen LogP contribution is 2.22. The van der Waals surface area contributed by atoms with Gasteiger partial charge in [0.15, 0.2) is 0 Å². The van der Waals surface area contributed by atoms with E-state index in [4.69, 9.17) is 11.6 Å². The second-order valence-electron chi connectivity index (χ2n) is 7.05. The summed E-state index contributed by atoms with van der Waals surface area (Å²) in [6, 6.07) is 16.2. The average molecular weight is 372 g/mol. The van der Waals surface area contributed by atoms with Crippen LogP contribution < -0.4 is 10.2 Å². The van der Waals surface area contributed by atoms with Gasteiger partial charge < -0.3 is 10.2 Å². The molecule has 1 amide bonds. The van der Waals surface area contributed by atoms with E-state index >= 15 is 0 Å². The zero-order valence-electron chi connectivity index (χ0n) is 15.4. The van der Waals surface area contributed by atoms with Crippen molar-refractivity contribution in [2.24, 2.45) is 5.92 Å². The second-order valence-corrected chi connectivity index (χ2v) is 7.45. The van der Waals surface area contributed by atoms with E-state index in [1.54, 1.807) is 0 Å². The van der Waals surface area contributed by atoms with Crippen LogP contribution in [-0.2, 0) is 11.3 Å². The van der Waals surface area contributed by atoms with Crippen molar-refractivity contribution < 1.29 is 4.79 Å². The maximum atomic E-state index is 11.8. The summed E-state index contributed by atoms with van der Waals surface area (Å²) in [6.07, 6.45) is 0. The van der Waals surface area contributed by atoms with Gasteiger partial charge in [-0.3, -0.25) is 9.69 Å². The Balaban J connectivity index is 1.53. The summed E-state index contributed by atoms with van der Waals surface area (Å²) in [4.78, 5) is 16.6. The smallest absolute Gasteiger partial charge is 0.226 e. The molecule has 0 aliphatic carbocycles. The second kappa shape index (κ2) is 8.56. The molecule has 138 valence electrons. The monoisotopic (exact) mass is 371 g/mol. The molecule has 2 aromatic carbocycles. The summed E-state index contributed by atoms with van der Waals surface area (Å²) in [6.45, 7) is 8.68. The maximum Gasteiger partial charge on any atom is 0.226 e. The molecule has 0 radical (unpaired) electrons. The van der Waals surface area contributed by atoms with E-state index in [1.165, 1.54) is 11.3 Å². The molecule has 1 N–H and O–H groups in total. The van der Waals surface area contributed by atoms with Crippen molar-refractivity contribution in [1.29, 1.82) is 0 Å². The number of benzene rings is 2. The lowest BCUT2D eigenvalue weighted by Crippen LogP contribution is -2.46. The standard InChI is InChI=1S/C21H26ClN3O/c1-16(2)21(26)23-18-7-9-19(10-8-18)25-13-11-24(12-14-25)15-17-5-3-4-6-20(17)22/h3-10,16H,11-15H2,1-2H3,(H,23,26). The summed E-state index contributed by atoms with van der Waals surface area (Å²) in [5, 5.41) is 3.77. The van der Waals surface area contributed by atoms with Gasteiger partial charge in [0.2, 0.25) is 5.91 Å². The molecule has 1 aliphatic heterocycles. The third-order valence-electron chi connectivity index (χ3n) is 4.75. The normalized spacial score (nSPS) is 15.3. The first-order chi connectivity index (χ1) is 12.5. The third-order valence-corrected chi connectivity index (χ3v) is 5.12. The summed E-state index contributed by atoms with van der Waals surface area (Å²) < 4.78 is 0. The summed E-state index contributed by atoms with van der Waals surface area (Å²) in [7, 11) is 0. The number of amides is 1. The Morgan fingerprint density at radius 1 is 1.04 bits per heavy atom. The number of hydrogen-bond donors (Lipinski definition) is 1. The number of anilines is 2. The molecule has 0 saturated carbocycles. The molecule has 1 aliphatic rings. The highest BCUT2D eigenvalue weighted by Gasteiger charge is 2.18. The molecule has 2 aromatic rings. The van der Waals surface area contributed by atoms with E-state index in [9.17, 15) is 4.79 Å². The molecule has 3 rings (SSSR count). The molecule has 0 aromatic heterocycles. The maximum absolute atomic E-state index is 11.8. The molecule has 4 nitrogen and oxygen atoms in total. The van der Waals surface area contributed by atoms with Crippen LogP contribution in [0.2, 0.25) is 5.02 Å². The molecule has 1 saturated heterocycles. The third kappa shape index (κ3) is 4.77. The van der Waals surface area contributed by atoms with Gasteiger partial charge in [0, 0.05) is 55.0 Å². The molecule has 0 unspecified atom stereocenters. The summed E-state index contributed by atoms with van der Waals surface area (Å²) in [5.74, 6) is 0.0341. The minimum absolute atomic E-state index is 0.0131. The van der Waals surface area contributed by atoms with Crippen LogP contribution in [0.4, 0.5) is 11.4 Å². The number of halogens is 1. The van der Waals surface area contributed by atoms with Gasteiger partial charge in [0.25, 0.3) is 0 Å². The molecule has 0 atom stereocenters. The Morgan fingerprint density at radius 3 is 2.31 bits per heavy atom. The Bertz CT molecular complexity index is 737. The molecular formula is C21H26ClN3O. The molecule has 1 fully saturated rings. The SMILES string of the molecule is CC(C)C(=O)Nc1ccc(N2CCN(Cc3ccccc3Cl)CC2)cc1. The fourth-order valence-electron chi connectivity index (χ4n) is 3.07. The van der Waals surface area contributed by atoms with E-state index in [-0.39, 0.29) is 11.8 Å². The van der Waals surface area contributed by atoms with Gasteiger partial charge in [0.1, 0.15) is 0 Å². The first-order valence-electron chi connectivity index (χ1n) is 9.14. The Hall–Kier alpha value is -2.04. The number of carbonyl (C=O) groups excluding carboxylic acids is 1. The van der Waals surface area contributed by atoms with Crippen molar-refractivity contribution >= 4 is 28.9 Å². The van der Waals surface area contributed by atoms with Crippen molar-refractivity contribution in [2.45, 2.75) is 20.4 Å². The number of piperazine rings is 1. The fourth-order valence-corrected chi connectivity index (χ4v) is 3.27. The predicted molar refractivity (Wildman–Crippen MR) is 109 cm³/mol. The average Bonchev–Trinajstić information content (AvgIpc) is 2.65. The van der Waals surface area contributed by atoms with Crippen LogP contribution >= 0.6 is 11.6 Å². The first kappa shape index (κ1) is 18.7. The summed E-state index contributed by atoms with van der Waals surface area (Å²) >= 11 is 6.27. The van der Waals surface area contributed by atoms with Gasteiger partial charge in [-0.15, -0.1) is 0 Å². The predicted octanol–water partition coefficient (Wildman–Crippen LogP) is 4.26. The van der Waals surface area contributed by atoms with Crippen molar-refractivity contribution in [1.82, 2.24) is 4.90 Å². The van der Waals surface area contributed by atoms with E-state index < -0.39 is 0 Å². The van der Waals surface area contributed by atoms with Crippen LogP contribution in [0.1, 0.15) is 19.4 Å². The molecular weight excluding hydrogens is 346 g/mol. The van der Waals surface area contributed by atoms with Gasteiger partial charge in [0.05, 0.1) is 0 Å². The van der Waals surface area contributed by atoms with Crippen molar-refractivity contribution in [3.8, 4) is 0 Å². The topological polar surface area (TPSA) is 35.6 Å². The zero-order valence-corrected chi connectivity index (χ0v) is 16.2. The molecule has 5 heteroatoms. The lowest BCUT2D eigenvalue weighted by atomic mass is 10.1. The Kier molecular flexibility index (Phi) is 6.17. The van der Waals surface area contributed by atoms with Gasteiger partial charge in [-0.05, 0) is 35.9 Å². The Morgan fingerprint density at radius 2 is 1.69 bits per heavy atom. The van der Waals surface area contributed by atoms with Crippen molar-refractivity contribution in [2.75, 3.05) is 36.4 Å². The van der Waals surface area contributed by atoms with Crippen LogP contribution in [0.3, 0.4) is 0 Å². The number of rotatable bonds is 5. The van der Waals surface area contributed by atoms with Crippen molar-refractivity contribution in [3.63, 3.8) is 0 Å². The first-order valence-corrected chi connectivity index (χ1v) is 9.52. The lowest BCUT2D eigenvalue weighted by molar-refractivity contribution is -0.118. The Labute approximate surface area is 160 Å². The van der Waals surface area contributed by atoms with Gasteiger partial charge in [-0.1, -0.05) is 43.6 Å². The fraction of sp³-hybridized carbons (Fsp3) is 0.381. The van der Waals surface area contributed by atoms with Gasteiger partial charge in [-0.25, -0.2) is 0 Å². The highest BCUT2D eigenvalue weighted by molar-refractivity contribution is 6.31. The van der Waals surface area contributed by atoms with Crippen LogP contribution in [0.15, 0.2) is 48.5 Å². The highest BCUT2D eigenvalue weighted by atomic mass is 35.5. The largest absolute Gasteiger partial charge is 0.369 e. The quantitative estimate of drug-likeness (QED) is 0.853. The number of hydrogen-bond acceptors (Lipinski definition) is 3. The van der Waals surface area contributed by atoms with Crippen LogP contribution in [0.5, 0.6) is 0 Å². The van der Waals surface area contributed by atoms with E-state index in [1.807, 2.05) is 44.2 Å². The zero-order chi connectivity index (χ0) is 18.5. The van der Waals surface area contributed by atoms with Crippen molar-refractivity contribution in [3.05, 3.63) is 59.1 Å². The minimum Gasteiger partial charge on any atom is -0.369 e. The lowest BCUT2D eigenvalue weighted by Gasteiger charge is -2.36. The van der Waals surface area contributed by atoms with E-state index in [0.717, 1.165) is 43.4 Å². The van der Waals surface area contributed by atoms with Crippen LogP contribution in [0, 0.1) is 5.92 Å². The van der Waals surface area contributed by atoms with Crippen LogP contribution in [0.25, 0.3) is 0 Å². The van der Waals surface area contributed by atoms with Crippen LogP contribution in [-0.4, -0.2) is 37.0 Å². The molecule has 1 heterocycles. The number of nitrogens with zero attached hydrogens (tertiary/aromatic N) is 2. The van der Waals surface area contributed by atoms with E-state index in [2.05, 4.69) is 33.3 Å². The minimum atomic E-state index is -0.0131. The number of carbonyl (C=O) groups is 1.